The van der Waals surface area contributed by atoms with Gasteiger partial charge in [0, 0.05) is 18.7 Å². The molecular weight excluding hydrogens is 316 g/mol. The lowest BCUT2D eigenvalue weighted by Crippen LogP contribution is -2.38. The lowest BCUT2D eigenvalue weighted by molar-refractivity contribution is -0.384. The van der Waals surface area contributed by atoms with Crippen LogP contribution in [0.4, 0.5) is 5.69 Å². The van der Waals surface area contributed by atoms with E-state index in [1.165, 1.54) is 12.1 Å². The van der Waals surface area contributed by atoms with E-state index in [1.807, 2.05) is 18.2 Å². The Bertz CT molecular complexity index is 727. The average Bonchev–Trinajstić information content (AvgIpc) is 2.64. The van der Waals surface area contributed by atoms with Gasteiger partial charge in [0.15, 0.2) is 5.96 Å². The van der Waals surface area contributed by atoms with Gasteiger partial charge >= 0.3 is 0 Å². The van der Waals surface area contributed by atoms with Crippen molar-refractivity contribution in [1.82, 2.24) is 10.6 Å². The van der Waals surface area contributed by atoms with Crippen molar-refractivity contribution in [2.45, 2.75) is 19.5 Å². The van der Waals surface area contributed by atoms with Gasteiger partial charge in [0.05, 0.1) is 17.5 Å². The van der Waals surface area contributed by atoms with Gasteiger partial charge in [-0.05, 0) is 18.1 Å². The molecule has 6 nitrogen and oxygen atoms in total. The highest BCUT2D eigenvalue weighted by Crippen LogP contribution is 2.13. The number of guanidine groups is 1. The predicted molar refractivity (Wildman–Crippen MR) is 100 cm³/mol. The van der Waals surface area contributed by atoms with Crippen LogP contribution < -0.4 is 10.6 Å². The molecule has 1 unspecified atom stereocenters. The Morgan fingerprint density at radius 1 is 1.24 bits per heavy atom. The monoisotopic (exact) mass is 338 g/mol. The summed E-state index contributed by atoms with van der Waals surface area (Å²) in [6.45, 7) is 6.78. The van der Waals surface area contributed by atoms with E-state index < -0.39 is 4.92 Å². The molecule has 2 rings (SSSR count). The number of benzene rings is 2. The Labute approximate surface area is 147 Å². The molecule has 0 aliphatic carbocycles. The van der Waals surface area contributed by atoms with E-state index in [1.54, 1.807) is 18.2 Å². The molecule has 0 radical (unpaired) electrons. The van der Waals surface area contributed by atoms with E-state index in [-0.39, 0.29) is 11.7 Å². The van der Waals surface area contributed by atoms with E-state index in [9.17, 15) is 10.1 Å². The Morgan fingerprint density at radius 2 is 1.92 bits per heavy atom. The lowest BCUT2D eigenvalue weighted by atomic mass is 10.1. The Hall–Kier alpha value is -3.15. The molecule has 2 aromatic carbocycles. The molecule has 130 valence electrons. The molecule has 2 N–H and O–H groups in total. The number of rotatable bonds is 7. The molecule has 0 saturated carbocycles. The minimum absolute atomic E-state index is 0.0774. The molecule has 0 fully saturated rings. The largest absolute Gasteiger partial charge is 0.353 e. The van der Waals surface area contributed by atoms with Crippen LogP contribution in [0.5, 0.6) is 0 Å². The van der Waals surface area contributed by atoms with Crippen LogP contribution in [-0.2, 0) is 6.54 Å². The van der Waals surface area contributed by atoms with E-state index >= 15 is 0 Å². The zero-order valence-electron chi connectivity index (χ0n) is 14.2. The standard InChI is InChI=1S/C19H22N4O2/c1-3-13-20-19(22-15(2)17-7-5-4-6-8-17)21-14-16-9-11-18(12-10-16)23(24)25/h3-12,15H,1,13-14H2,2H3,(H2,20,21,22). The molecule has 0 aliphatic rings. The third kappa shape index (κ3) is 5.76. The zero-order chi connectivity index (χ0) is 18.1. The van der Waals surface area contributed by atoms with Gasteiger partial charge in [0.2, 0.25) is 0 Å². The molecule has 2 aromatic rings. The van der Waals surface area contributed by atoms with Crippen LogP contribution >= 0.6 is 0 Å². The highest BCUT2D eigenvalue weighted by molar-refractivity contribution is 5.80. The molecule has 0 saturated heterocycles. The van der Waals surface area contributed by atoms with Crippen molar-refractivity contribution in [3.8, 4) is 0 Å². The predicted octanol–water partition coefficient (Wildman–Crippen LogP) is 3.58. The van der Waals surface area contributed by atoms with Gasteiger partial charge in [-0.15, -0.1) is 6.58 Å². The summed E-state index contributed by atoms with van der Waals surface area (Å²) in [7, 11) is 0. The van der Waals surface area contributed by atoms with Crippen LogP contribution in [0, 0.1) is 10.1 Å². The molecule has 0 aromatic heterocycles. The van der Waals surface area contributed by atoms with Crippen LogP contribution in [-0.4, -0.2) is 17.4 Å². The summed E-state index contributed by atoms with van der Waals surface area (Å²) < 4.78 is 0. The maximum atomic E-state index is 10.7. The maximum Gasteiger partial charge on any atom is 0.269 e. The van der Waals surface area contributed by atoms with Crippen molar-refractivity contribution < 1.29 is 4.92 Å². The van der Waals surface area contributed by atoms with Crippen LogP contribution in [0.25, 0.3) is 0 Å². The summed E-state index contributed by atoms with van der Waals surface area (Å²) in [5.74, 6) is 0.662. The number of nitro groups is 1. The van der Waals surface area contributed by atoms with Gasteiger partial charge in [-0.2, -0.15) is 0 Å². The molecule has 0 heterocycles. The number of non-ortho nitro benzene ring substituents is 1. The fraction of sp³-hybridized carbons (Fsp3) is 0.211. The molecule has 1 atom stereocenters. The fourth-order valence-electron chi connectivity index (χ4n) is 2.24. The van der Waals surface area contributed by atoms with Crippen molar-refractivity contribution in [2.75, 3.05) is 6.54 Å². The van der Waals surface area contributed by atoms with Crippen LogP contribution in [0.3, 0.4) is 0 Å². The molecule has 25 heavy (non-hydrogen) atoms. The first-order chi connectivity index (χ1) is 12.1. The lowest BCUT2D eigenvalue weighted by Gasteiger charge is -2.18. The Balaban J connectivity index is 2.06. The van der Waals surface area contributed by atoms with Gasteiger partial charge in [-0.3, -0.25) is 10.1 Å². The highest BCUT2D eigenvalue weighted by Gasteiger charge is 2.08. The van der Waals surface area contributed by atoms with Crippen molar-refractivity contribution in [2.24, 2.45) is 4.99 Å². The van der Waals surface area contributed by atoms with Crippen molar-refractivity contribution in [1.29, 1.82) is 0 Å². The summed E-state index contributed by atoms with van der Waals surface area (Å²) in [6, 6.07) is 16.6. The first-order valence-corrected chi connectivity index (χ1v) is 8.04. The molecule has 0 aliphatic heterocycles. The molecule has 0 amide bonds. The number of nitrogens with one attached hydrogen (secondary N) is 2. The fourth-order valence-corrected chi connectivity index (χ4v) is 2.24. The Morgan fingerprint density at radius 3 is 2.52 bits per heavy atom. The molecule has 0 spiro atoms. The Kier molecular flexibility index (Phi) is 6.71. The van der Waals surface area contributed by atoms with E-state index in [0.29, 0.717) is 19.0 Å². The highest BCUT2D eigenvalue weighted by atomic mass is 16.6. The number of hydrogen-bond acceptors (Lipinski definition) is 3. The van der Waals surface area contributed by atoms with Crippen molar-refractivity contribution >= 4 is 11.6 Å². The molecular formula is C19H22N4O2. The molecule has 0 bridgehead atoms. The number of nitro benzene ring substituents is 1. The summed E-state index contributed by atoms with van der Waals surface area (Å²) in [4.78, 5) is 14.8. The smallest absolute Gasteiger partial charge is 0.269 e. The van der Waals surface area contributed by atoms with Crippen LogP contribution in [0.2, 0.25) is 0 Å². The van der Waals surface area contributed by atoms with Gasteiger partial charge in [-0.1, -0.05) is 48.5 Å². The third-order valence-corrected chi connectivity index (χ3v) is 3.63. The van der Waals surface area contributed by atoms with E-state index in [0.717, 1.165) is 11.1 Å². The maximum absolute atomic E-state index is 10.7. The minimum atomic E-state index is -0.410. The zero-order valence-corrected chi connectivity index (χ0v) is 14.2. The first kappa shape index (κ1) is 18.2. The summed E-state index contributed by atoms with van der Waals surface area (Å²) >= 11 is 0. The van der Waals surface area contributed by atoms with E-state index in [2.05, 4.69) is 41.3 Å². The first-order valence-electron chi connectivity index (χ1n) is 8.04. The second kappa shape index (κ2) is 9.22. The van der Waals surface area contributed by atoms with Gasteiger partial charge in [-0.25, -0.2) is 4.99 Å². The van der Waals surface area contributed by atoms with Crippen LogP contribution in [0.15, 0.2) is 72.2 Å². The van der Waals surface area contributed by atoms with Crippen LogP contribution in [0.1, 0.15) is 24.1 Å². The average molecular weight is 338 g/mol. The van der Waals surface area contributed by atoms with Crippen molar-refractivity contribution in [3.63, 3.8) is 0 Å². The topological polar surface area (TPSA) is 79.6 Å². The summed E-state index contributed by atoms with van der Waals surface area (Å²) in [6.07, 6.45) is 1.76. The number of aliphatic imine (C=N–C) groups is 1. The van der Waals surface area contributed by atoms with Crippen molar-refractivity contribution in [3.05, 3.63) is 88.5 Å². The number of hydrogen-bond donors (Lipinski definition) is 2. The minimum Gasteiger partial charge on any atom is -0.353 e. The van der Waals surface area contributed by atoms with Gasteiger partial charge < -0.3 is 10.6 Å². The summed E-state index contributed by atoms with van der Waals surface area (Å²) in [5, 5.41) is 17.2. The molecule has 6 heteroatoms. The third-order valence-electron chi connectivity index (χ3n) is 3.63. The summed E-state index contributed by atoms with van der Waals surface area (Å²) in [5.41, 5.74) is 2.14. The van der Waals surface area contributed by atoms with Gasteiger partial charge in [0.25, 0.3) is 5.69 Å². The SMILES string of the molecule is C=CCNC(=NCc1ccc([N+](=O)[O-])cc1)NC(C)c1ccccc1. The second-order valence-corrected chi connectivity index (χ2v) is 5.53. The van der Waals surface area contributed by atoms with E-state index in [4.69, 9.17) is 0 Å². The normalized spacial score (nSPS) is 12.3. The van der Waals surface area contributed by atoms with Gasteiger partial charge in [0.1, 0.15) is 0 Å². The number of nitrogens with zero attached hydrogens (tertiary/aromatic N) is 2. The second-order valence-electron chi connectivity index (χ2n) is 5.53. The quantitative estimate of drug-likeness (QED) is 0.266.